The second kappa shape index (κ2) is 9.78. The van der Waals surface area contributed by atoms with Gasteiger partial charge in [0.15, 0.2) is 5.82 Å². The van der Waals surface area contributed by atoms with Gasteiger partial charge in [-0.25, -0.2) is 9.78 Å². The number of methoxy groups -OCH3 is 1. The van der Waals surface area contributed by atoms with Crippen LogP contribution >= 0.6 is 0 Å². The van der Waals surface area contributed by atoms with Gasteiger partial charge in [-0.3, -0.25) is 0 Å². The van der Waals surface area contributed by atoms with Gasteiger partial charge < -0.3 is 25.5 Å². The van der Waals surface area contributed by atoms with E-state index in [1.807, 2.05) is 35.0 Å². The molecule has 2 heterocycles. The van der Waals surface area contributed by atoms with Crippen LogP contribution in [0.1, 0.15) is 37.3 Å². The van der Waals surface area contributed by atoms with Crippen LogP contribution < -0.4 is 15.8 Å². The Kier molecular flexibility index (Phi) is 6.90. The van der Waals surface area contributed by atoms with Crippen molar-refractivity contribution >= 4 is 34.8 Å². The summed E-state index contributed by atoms with van der Waals surface area (Å²) in [6.45, 7) is 3.49. The number of rotatable bonds is 10. The number of benzene rings is 1. The summed E-state index contributed by atoms with van der Waals surface area (Å²) in [7, 11) is 1.61. The highest BCUT2D eigenvalue weighted by Gasteiger charge is 2.13. The summed E-state index contributed by atoms with van der Waals surface area (Å²) in [5.41, 5.74) is 9.22. The molecule has 30 heavy (non-hydrogen) atoms. The first-order valence-corrected chi connectivity index (χ1v) is 9.96. The van der Waals surface area contributed by atoms with E-state index in [1.54, 1.807) is 13.2 Å². The molecule has 0 saturated carbocycles. The van der Waals surface area contributed by atoms with Crippen molar-refractivity contribution in [2.75, 3.05) is 24.7 Å². The maximum atomic E-state index is 10.8. The fraction of sp³-hybridized carbons (Fsp3) is 0.318. The van der Waals surface area contributed by atoms with E-state index in [1.165, 1.54) is 0 Å². The summed E-state index contributed by atoms with van der Waals surface area (Å²) < 4.78 is 7.55. The highest BCUT2D eigenvalue weighted by molar-refractivity contribution is 5.88. The highest BCUT2D eigenvalue weighted by Crippen LogP contribution is 2.27. The topological polar surface area (TPSA) is 115 Å². The second-order valence-corrected chi connectivity index (χ2v) is 6.98. The van der Waals surface area contributed by atoms with Crippen LogP contribution in [0.4, 0.5) is 11.8 Å². The van der Waals surface area contributed by atoms with Crippen molar-refractivity contribution in [1.82, 2.24) is 14.5 Å². The van der Waals surface area contributed by atoms with Crippen LogP contribution in [0.2, 0.25) is 0 Å². The first kappa shape index (κ1) is 21.2. The number of carboxylic acids is 1. The molecule has 0 aliphatic rings. The van der Waals surface area contributed by atoms with Gasteiger partial charge in [0.05, 0.1) is 19.2 Å². The Balaban J connectivity index is 1.95. The maximum Gasteiger partial charge on any atom is 0.328 e. The normalized spacial score (nSPS) is 11.3. The van der Waals surface area contributed by atoms with Gasteiger partial charge in [0.25, 0.3) is 0 Å². The van der Waals surface area contributed by atoms with Gasteiger partial charge in [0.2, 0.25) is 5.95 Å². The summed E-state index contributed by atoms with van der Waals surface area (Å²) in [5, 5.41) is 12.3. The molecule has 8 nitrogen and oxygen atoms in total. The molecule has 0 atom stereocenters. The fourth-order valence-corrected chi connectivity index (χ4v) is 3.34. The number of ether oxygens (including phenoxy) is 1. The first-order valence-electron chi connectivity index (χ1n) is 9.96. The van der Waals surface area contributed by atoms with E-state index in [9.17, 15) is 4.79 Å². The van der Waals surface area contributed by atoms with Crippen molar-refractivity contribution in [3.05, 3.63) is 47.7 Å². The molecule has 0 amide bonds. The molecule has 0 spiro atoms. The maximum absolute atomic E-state index is 10.8. The third kappa shape index (κ3) is 5.08. The molecule has 0 fully saturated rings. The molecule has 0 bridgehead atoms. The number of aliphatic carboxylic acids is 1. The van der Waals surface area contributed by atoms with E-state index in [-0.39, 0.29) is 5.95 Å². The van der Waals surface area contributed by atoms with Gasteiger partial charge in [-0.2, -0.15) is 4.98 Å². The predicted octanol–water partition coefficient (Wildman–Crippen LogP) is 3.77. The minimum absolute atomic E-state index is 0.233. The molecule has 0 radical (unpaired) electrons. The summed E-state index contributed by atoms with van der Waals surface area (Å²) in [6.07, 6.45) is 7.95. The number of nitrogen functional groups attached to an aromatic ring is 1. The summed E-state index contributed by atoms with van der Waals surface area (Å²) >= 11 is 0. The lowest BCUT2D eigenvalue weighted by atomic mass is 10.1. The second-order valence-electron chi connectivity index (χ2n) is 6.98. The lowest BCUT2D eigenvalue weighted by Gasteiger charge is -2.14. The quantitative estimate of drug-likeness (QED) is 0.345. The number of carbonyl (C=O) groups is 1. The van der Waals surface area contributed by atoms with Gasteiger partial charge in [0, 0.05) is 24.4 Å². The van der Waals surface area contributed by atoms with Crippen molar-refractivity contribution in [1.29, 1.82) is 0 Å². The highest BCUT2D eigenvalue weighted by atomic mass is 16.5. The molecule has 158 valence electrons. The van der Waals surface area contributed by atoms with Crippen molar-refractivity contribution < 1.29 is 14.6 Å². The molecule has 3 aromatic rings. The predicted molar refractivity (Wildman–Crippen MR) is 119 cm³/mol. The van der Waals surface area contributed by atoms with E-state index >= 15 is 0 Å². The van der Waals surface area contributed by atoms with Gasteiger partial charge in [-0.1, -0.05) is 25.8 Å². The van der Waals surface area contributed by atoms with Crippen molar-refractivity contribution in [3.8, 4) is 5.75 Å². The zero-order valence-electron chi connectivity index (χ0n) is 17.3. The lowest BCUT2D eigenvalue weighted by Crippen LogP contribution is -2.09. The molecular weight excluding hydrogens is 382 g/mol. The Morgan fingerprint density at radius 2 is 2.13 bits per heavy atom. The monoisotopic (exact) mass is 409 g/mol. The molecule has 0 saturated heterocycles. The molecule has 8 heteroatoms. The Bertz CT molecular complexity index is 1060. The summed E-state index contributed by atoms with van der Waals surface area (Å²) in [6, 6.07) is 7.48. The van der Waals surface area contributed by atoms with E-state index in [0.717, 1.165) is 59.8 Å². The van der Waals surface area contributed by atoms with Crippen LogP contribution in [0.5, 0.6) is 5.75 Å². The van der Waals surface area contributed by atoms with Crippen LogP contribution in [0.25, 0.3) is 17.1 Å². The van der Waals surface area contributed by atoms with Crippen LogP contribution in [-0.4, -0.2) is 39.3 Å². The van der Waals surface area contributed by atoms with Gasteiger partial charge >= 0.3 is 5.97 Å². The molecule has 3 rings (SSSR count). The Morgan fingerprint density at radius 3 is 2.87 bits per heavy atom. The molecule has 4 N–H and O–H groups in total. The van der Waals surface area contributed by atoms with E-state index < -0.39 is 5.97 Å². The number of carboxylic acid groups (broad SMARTS) is 1. The minimum Gasteiger partial charge on any atom is -0.496 e. The summed E-state index contributed by atoms with van der Waals surface area (Å²) in [5.74, 6) is 0.673. The standard InChI is InChI=1S/C22H27N5O3/c1-3-4-5-11-24-21-20-17(25-22(23)26-21)10-12-27(20)14-16-13-15(7-9-19(28)29)6-8-18(16)30-2/h6-10,12-13H,3-5,11,14H2,1-2H3,(H,28,29)(H3,23,24,25,26). The molecule has 1 aromatic carbocycles. The molecule has 0 unspecified atom stereocenters. The number of fused-ring (bicyclic) bond motifs is 1. The van der Waals surface area contributed by atoms with Crippen LogP contribution in [0, 0.1) is 0 Å². The van der Waals surface area contributed by atoms with Gasteiger partial charge in [-0.05, 0) is 36.3 Å². The third-order valence-electron chi connectivity index (χ3n) is 4.76. The van der Waals surface area contributed by atoms with E-state index in [4.69, 9.17) is 15.6 Å². The first-order chi connectivity index (χ1) is 14.5. The molecule has 0 aliphatic heterocycles. The van der Waals surface area contributed by atoms with E-state index in [2.05, 4.69) is 22.2 Å². The number of nitrogens with two attached hydrogens (primary N) is 1. The third-order valence-corrected chi connectivity index (χ3v) is 4.76. The minimum atomic E-state index is -0.989. The lowest BCUT2D eigenvalue weighted by molar-refractivity contribution is -0.131. The number of aromatic nitrogens is 3. The van der Waals surface area contributed by atoms with Crippen molar-refractivity contribution in [2.24, 2.45) is 0 Å². The summed E-state index contributed by atoms with van der Waals surface area (Å²) in [4.78, 5) is 19.6. The van der Waals surface area contributed by atoms with Crippen molar-refractivity contribution in [3.63, 3.8) is 0 Å². The fourth-order valence-electron chi connectivity index (χ4n) is 3.34. The molecular formula is C22H27N5O3. The molecule has 2 aromatic heterocycles. The average molecular weight is 409 g/mol. The van der Waals surface area contributed by atoms with Crippen LogP contribution in [0.15, 0.2) is 36.5 Å². The van der Waals surface area contributed by atoms with Gasteiger partial charge in [-0.15, -0.1) is 0 Å². The zero-order chi connectivity index (χ0) is 21.5. The largest absolute Gasteiger partial charge is 0.496 e. The van der Waals surface area contributed by atoms with Crippen LogP contribution in [-0.2, 0) is 11.3 Å². The number of hydrogen-bond donors (Lipinski definition) is 3. The number of nitrogens with one attached hydrogen (secondary N) is 1. The van der Waals surface area contributed by atoms with Crippen molar-refractivity contribution in [2.45, 2.75) is 32.7 Å². The average Bonchev–Trinajstić information content (AvgIpc) is 3.12. The van der Waals surface area contributed by atoms with E-state index in [0.29, 0.717) is 12.4 Å². The zero-order valence-corrected chi connectivity index (χ0v) is 17.3. The Labute approximate surface area is 175 Å². The number of hydrogen-bond acceptors (Lipinski definition) is 6. The van der Waals surface area contributed by atoms with Gasteiger partial charge in [0.1, 0.15) is 11.3 Å². The molecule has 0 aliphatic carbocycles. The van der Waals surface area contributed by atoms with Crippen LogP contribution in [0.3, 0.4) is 0 Å². The Morgan fingerprint density at radius 1 is 1.30 bits per heavy atom. The Hall–Kier alpha value is -3.55. The number of nitrogens with zero attached hydrogens (tertiary/aromatic N) is 3. The SMILES string of the molecule is CCCCCNc1nc(N)nc2ccn(Cc3cc(C=CC(=O)O)ccc3OC)c12. The number of unbranched alkanes of at least 4 members (excludes halogenated alkanes) is 2. The number of anilines is 2. The smallest absolute Gasteiger partial charge is 0.328 e.